The molecule has 0 atom stereocenters. The molecule has 7 nitrogen and oxygen atoms in total. The van der Waals surface area contributed by atoms with Crippen molar-refractivity contribution in [3.05, 3.63) is 112 Å². The molecular weight excluding hydrogens is 452 g/mol. The quantitative estimate of drug-likeness (QED) is 0.345. The van der Waals surface area contributed by atoms with Gasteiger partial charge in [-0.1, -0.05) is 50.2 Å². The van der Waals surface area contributed by atoms with E-state index in [0.717, 1.165) is 16.0 Å². The minimum Gasteiger partial charge on any atom is -0.294 e. The lowest BCUT2D eigenvalue weighted by Crippen LogP contribution is -2.40. The van der Waals surface area contributed by atoms with Crippen LogP contribution in [0, 0.1) is 13.8 Å². The molecule has 2 aromatic carbocycles. The number of aromatic amines is 1. The number of nitrogens with one attached hydrogen (secondary N) is 1. The number of amides is 2. The molecule has 0 unspecified atom stereocenters. The first-order valence-corrected chi connectivity index (χ1v) is 11.9. The number of H-pyrrole nitrogens is 1. The SMILES string of the molecule is Cc1cc(C)c[n+](C2=C(c3c(C(C)C)[nH]n(-c4ccccc4)c3=O)C(=O)N(c3ccccc3)C2=O)c1. The predicted octanol–water partition coefficient (Wildman–Crippen LogP) is 4.14. The van der Waals surface area contributed by atoms with Gasteiger partial charge in [0.25, 0.3) is 17.2 Å². The third-order valence-electron chi connectivity index (χ3n) is 6.23. The Morgan fingerprint density at radius 1 is 0.778 bits per heavy atom. The van der Waals surface area contributed by atoms with Gasteiger partial charge in [0.15, 0.2) is 12.4 Å². The van der Waals surface area contributed by atoms with Crippen molar-refractivity contribution >= 4 is 28.8 Å². The highest BCUT2D eigenvalue weighted by atomic mass is 16.2. The van der Waals surface area contributed by atoms with E-state index in [2.05, 4.69) is 5.10 Å². The fourth-order valence-corrected chi connectivity index (χ4v) is 4.71. The summed E-state index contributed by atoms with van der Waals surface area (Å²) < 4.78 is 3.11. The van der Waals surface area contributed by atoms with Crippen LogP contribution in [0.2, 0.25) is 0 Å². The highest BCUT2D eigenvalue weighted by Crippen LogP contribution is 2.35. The minimum atomic E-state index is -0.522. The lowest BCUT2D eigenvalue weighted by Gasteiger charge is -2.13. The van der Waals surface area contributed by atoms with Crippen LogP contribution in [-0.2, 0) is 9.59 Å². The minimum absolute atomic E-state index is 0.0958. The highest BCUT2D eigenvalue weighted by Gasteiger charge is 2.48. The lowest BCUT2D eigenvalue weighted by atomic mass is 9.98. The Kier molecular flexibility index (Phi) is 5.76. The number of aromatic nitrogens is 3. The molecule has 2 amide bonds. The van der Waals surface area contributed by atoms with E-state index in [1.165, 1.54) is 4.68 Å². The summed E-state index contributed by atoms with van der Waals surface area (Å²) in [6.07, 6.45) is 3.61. The van der Waals surface area contributed by atoms with E-state index in [4.69, 9.17) is 0 Å². The molecule has 0 fully saturated rings. The summed E-state index contributed by atoms with van der Waals surface area (Å²) >= 11 is 0. The number of hydrogen-bond donors (Lipinski definition) is 1. The summed E-state index contributed by atoms with van der Waals surface area (Å²) in [6, 6.07) is 20.0. The van der Waals surface area contributed by atoms with E-state index in [-0.39, 0.29) is 28.3 Å². The van der Waals surface area contributed by atoms with Gasteiger partial charge in [0, 0.05) is 16.8 Å². The summed E-state index contributed by atoms with van der Waals surface area (Å²) in [5.41, 5.74) is 3.65. The molecule has 36 heavy (non-hydrogen) atoms. The monoisotopic (exact) mass is 479 g/mol. The molecular formula is C29H27N4O3+. The van der Waals surface area contributed by atoms with Gasteiger partial charge < -0.3 is 0 Å². The number of imide groups is 1. The molecule has 0 radical (unpaired) electrons. The van der Waals surface area contributed by atoms with Gasteiger partial charge in [-0.05, 0) is 50.1 Å². The van der Waals surface area contributed by atoms with E-state index >= 15 is 0 Å². The molecule has 3 heterocycles. The maximum atomic E-state index is 14.0. The van der Waals surface area contributed by atoms with E-state index < -0.39 is 11.8 Å². The number of benzene rings is 2. The number of anilines is 1. The Balaban J connectivity index is 1.83. The molecule has 0 bridgehead atoms. The third-order valence-corrected chi connectivity index (χ3v) is 6.23. The molecule has 0 spiro atoms. The van der Waals surface area contributed by atoms with Crippen LogP contribution in [0.5, 0.6) is 0 Å². The number of hydrogen-bond acceptors (Lipinski definition) is 3. The second-order valence-corrected chi connectivity index (χ2v) is 9.33. The van der Waals surface area contributed by atoms with Gasteiger partial charge in [-0.25, -0.2) is 9.58 Å². The van der Waals surface area contributed by atoms with Gasteiger partial charge in [-0.3, -0.25) is 19.5 Å². The summed E-state index contributed by atoms with van der Waals surface area (Å²) in [5, 5.41) is 3.21. The molecule has 4 aromatic rings. The smallest absolute Gasteiger partial charge is 0.294 e. The van der Waals surface area contributed by atoms with Crippen LogP contribution in [0.3, 0.4) is 0 Å². The topological polar surface area (TPSA) is 79.1 Å². The van der Waals surface area contributed by atoms with Crippen molar-refractivity contribution in [2.24, 2.45) is 0 Å². The van der Waals surface area contributed by atoms with Crippen molar-refractivity contribution in [3.8, 4) is 5.69 Å². The van der Waals surface area contributed by atoms with Crippen LogP contribution < -0.4 is 15.0 Å². The number of aryl methyl sites for hydroxylation is 2. The summed E-state index contributed by atoms with van der Waals surface area (Å²) in [5.74, 6) is -1.10. The number of carbonyl (C=O) groups excluding carboxylic acids is 2. The van der Waals surface area contributed by atoms with E-state index in [1.807, 2.05) is 70.2 Å². The molecule has 1 aliphatic rings. The van der Waals surface area contributed by atoms with Crippen molar-refractivity contribution in [2.75, 3.05) is 4.90 Å². The average molecular weight is 480 g/mol. The Bertz CT molecular complexity index is 1560. The molecule has 5 rings (SSSR count). The summed E-state index contributed by atoms with van der Waals surface area (Å²) in [4.78, 5) is 43.0. The second kappa shape index (κ2) is 8.92. The normalized spacial score (nSPS) is 13.9. The van der Waals surface area contributed by atoms with Gasteiger partial charge in [-0.15, -0.1) is 0 Å². The van der Waals surface area contributed by atoms with Crippen LogP contribution in [0.1, 0.15) is 42.1 Å². The lowest BCUT2D eigenvalue weighted by molar-refractivity contribution is -0.577. The summed E-state index contributed by atoms with van der Waals surface area (Å²) in [7, 11) is 0. The van der Waals surface area contributed by atoms with Gasteiger partial charge in [0.1, 0.15) is 5.57 Å². The molecule has 0 aliphatic carbocycles. The van der Waals surface area contributed by atoms with Gasteiger partial charge >= 0.3 is 5.91 Å². The van der Waals surface area contributed by atoms with Crippen molar-refractivity contribution in [2.45, 2.75) is 33.6 Å². The average Bonchev–Trinajstić information content (AvgIpc) is 3.32. The molecule has 1 aliphatic heterocycles. The fourth-order valence-electron chi connectivity index (χ4n) is 4.71. The molecule has 7 heteroatoms. The van der Waals surface area contributed by atoms with Crippen molar-refractivity contribution < 1.29 is 14.2 Å². The number of pyridine rings is 1. The van der Waals surface area contributed by atoms with Crippen molar-refractivity contribution in [1.82, 2.24) is 9.78 Å². The van der Waals surface area contributed by atoms with E-state index in [0.29, 0.717) is 17.1 Å². The first-order chi connectivity index (χ1) is 17.3. The third kappa shape index (κ3) is 3.79. The van der Waals surface area contributed by atoms with E-state index in [9.17, 15) is 14.4 Å². The van der Waals surface area contributed by atoms with Crippen LogP contribution in [0.4, 0.5) is 5.69 Å². The molecule has 1 N–H and O–H groups in total. The van der Waals surface area contributed by atoms with E-state index in [1.54, 1.807) is 41.2 Å². The Morgan fingerprint density at radius 2 is 1.33 bits per heavy atom. The van der Waals surface area contributed by atoms with Crippen LogP contribution in [-0.4, -0.2) is 21.6 Å². The first-order valence-electron chi connectivity index (χ1n) is 11.9. The molecule has 180 valence electrons. The number of nitrogens with zero attached hydrogens (tertiary/aromatic N) is 3. The number of carbonyl (C=O) groups is 2. The molecule has 2 aromatic heterocycles. The predicted molar refractivity (Wildman–Crippen MR) is 139 cm³/mol. The Labute approximate surface area is 208 Å². The van der Waals surface area contributed by atoms with Gasteiger partial charge in [0.2, 0.25) is 0 Å². The van der Waals surface area contributed by atoms with Crippen LogP contribution in [0.25, 0.3) is 17.0 Å². The zero-order valence-electron chi connectivity index (χ0n) is 20.6. The largest absolute Gasteiger partial charge is 0.331 e. The first kappa shape index (κ1) is 23.2. The fraction of sp³-hybridized carbons (Fsp3) is 0.172. The zero-order chi connectivity index (χ0) is 25.6. The summed E-state index contributed by atoms with van der Waals surface area (Å²) in [6.45, 7) is 7.76. The van der Waals surface area contributed by atoms with Crippen LogP contribution >= 0.6 is 0 Å². The standard InChI is InChI=1S/C29H26N4O3/c1-18(2)25-23(28(35)33(30-25)22-13-9-6-10-14-22)24-26(31-16-19(3)15-20(4)17-31)29(36)32(27(24)34)21-11-7-5-8-12-21/h5-18H,1-4H3/p+1. The van der Waals surface area contributed by atoms with Gasteiger partial charge in [0.05, 0.1) is 16.9 Å². The van der Waals surface area contributed by atoms with Crippen molar-refractivity contribution in [1.29, 1.82) is 0 Å². The number of para-hydroxylation sites is 2. The maximum absolute atomic E-state index is 14.0. The van der Waals surface area contributed by atoms with Crippen molar-refractivity contribution in [3.63, 3.8) is 0 Å². The maximum Gasteiger partial charge on any atom is 0.331 e. The highest BCUT2D eigenvalue weighted by molar-refractivity contribution is 6.53. The van der Waals surface area contributed by atoms with Crippen LogP contribution in [0.15, 0.2) is 83.9 Å². The Hall–Kier alpha value is -4.52. The zero-order valence-corrected chi connectivity index (χ0v) is 20.6. The molecule has 0 saturated carbocycles. The second-order valence-electron chi connectivity index (χ2n) is 9.33. The number of rotatable bonds is 5. The Morgan fingerprint density at radius 3 is 1.89 bits per heavy atom. The van der Waals surface area contributed by atoms with Gasteiger partial charge in [-0.2, -0.15) is 4.57 Å². The molecule has 0 saturated heterocycles.